The second kappa shape index (κ2) is 7.28. The molecule has 2 heterocycles. The second-order valence-electron chi connectivity index (χ2n) is 6.17. The first-order chi connectivity index (χ1) is 12.0. The Morgan fingerprint density at radius 1 is 1.24 bits per heavy atom. The average Bonchev–Trinajstić information content (AvgIpc) is 3.01. The number of aliphatic imine (C=N–C) groups is 1. The Kier molecular flexibility index (Phi) is 5.10. The zero-order valence-corrected chi connectivity index (χ0v) is 14.0. The van der Waals surface area contributed by atoms with E-state index in [9.17, 15) is 13.2 Å². The van der Waals surface area contributed by atoms with Crippen LogP contribution < -0.4 is 10.6 Å². The number of rotatable bonds is 3. The second-order valence-corrected chi connectivity index (χ2v) is 6.17. The number of nitrogens with zero attached hydrogens (tertiary/aromatic N) is 4. The van der Waals surface area contributed by atoms with Crippen molar-refractivity contribution < 1.29 is 13.2 Å². The van der Waals surface area contributed by atoms with Crippen molar-refractivity contribution in [3.8, 4) is 0 Å². The summed E-state index contributed by atoms with van der Waals surface area (Å²) in [6.45, 7) is 0.231. The minimum atomic E-state index is -4.40. The van der Waals surface area contributed by atoms with Crippen molar-refractivity contribution in [2.75, 3.05) is 7.05 Å². The average molecular weight is 354 g/mol. The van der Waals surface area contributed by atoms with Gasteiger partial charge in [0.1, 0.15) is 0 Å². The van der Waals surface area contributed by atoms with Gasteiger partial charge >= 0.3 is 6.18 Å². The Hall–Kier alpha value is -2.32. The number of alkyl halides is 3. The summed E-state index contributed by atoms with van der Waals surface area (Å²) in [6, 6.07) is 2.70. The lowest BCUT2D eigenvalue weighted by Gasteiger charge is -2.24. The molecule has 0 saturated heterocycles. The van der Waals surface area contributed by atoms with Gasteiger partial charge in [0, 0.05) is 19.3 Å². The van der Waals surface area contributed by atoms with Gasteiger partial charge in [-0.3, -0.25) is 9.39 Å². The highest BCUT2D eigenvalue weighted by Crippen LogP contribution is 2.29. The molecule has 2 aromatic rings. The van der Waals surface area contributed by atoms with Gasteiger partial charge in [0.2, 0.25) is 0 Å². The van der Waals surface area contributed by atoms with Crippen LogP contribution in [0.25, 0.3) is 5.65 Å². The van der Waals surface area contributed by atoms with Crippen LogP contribution in [0.5, 0.6) is 0 Å². The van der Waals surface area contributed by atoms with Gasteiger partial charge in [-0.1, -0.05) is 19.3 Å². The molecule has 0 unspecified atom stereocenters. The number of aromatic nitrogens is 3. The molecule has 0 amide bonds. The van der Waals surface area contributed by atoms with Crippen LogP contribution in [0.15, 0.2) is 23.3 Å². The van der Waals surface area contributed by atoms with Crippen LogP contribution in [0.3, 0.4) is 0 Å². The minimum absolute atomic E-state index is 0.231. The summed E-state index contributed by atoms with van der Waals surface area (Å²) in [5, 5.41) is 14.3. The maximum atomic E-state index is 12.9. The van der Waals surface area contributed by atoms with E-state index in [0.717, 1.165) is 25.1 Å². The number of halogens is 3. The van der Waals surface area contributed by atoms with Crippen molar-refractivity contribution in [3.05, 3.63) is 29.7 Å². The third-order valence-electron chi connectivity index (χ3n) is 4.38. The highest BCUT2D eigenvalue weighted by Gasteiger charge is 2.31. The molecule has 6 nitrogen and oxygen atoms in total. The van der Waals surface area contributed by atoms with Crippen molar-refractivity contribution in [2.24, 2.45) is 4.99 Å². The Morgan fingerprint density at radius 2 is 2.00 bits per heavy atom. The fraction of sp³-hybridized carbons (Fsp3) is 0.562. The number of guanidine groups is 1. The van der Waals surface area contributed by atoms with Gasteiger partial charge < -0.3 is 10.6 Å². The van der Waals surface area contributed by atoms with Crippen molar-refractivity contribution in [1.82, 2.24) is 25.2 Å². The number of pyridine rings is 1. The Morgan fingerprint density at radius 3 is 2.68 bits per heavy atom. The number of nitrogens with one attached hydrogen (secondary N) is 2. The lowest BCUT2D eigenvalue weighted by molar-refractivity contribution is -0.137. The van der Waals surface area contributed by atoms with E-state index in [4.69, 9.17) is 0 Å². The summed E-state index contributed by atoms with van der Waals surface area (Å²) >= 11 is 0. The molecule has 0 aliphatic heterocycles. The molecule has 2 N–H and O–H groups in total. The molecule has 1 fully saturated rings. The van der Waals surface area contributed by atoms with E-state index in [-0.39, 0.29) is 6.54 Å². The molecule has 2 aromatic heterocycles. The van der Waals surface area contributed by atoms with Crippen LogP contribution in [0.4, 0.5) is 13.2 Å². The first-order valence-corrected chi connectivity index (χ1v) is 8.35. The van der Waals surface area contributed by atoms with Gasteiger partial charge in [-0.15, -0.1) is 10.2 Å². The highest BCUT2D eigenvalue weighted by molar-refractivity contribution is 5.79. The van der Waals surface area contributed by atoms with Crippen LogP contribution in [0, 0.1) is 0 Å². The first-order valence-electron chi connectivity index (χ1n) is 8.35. The smallest absolute Gasteiger partial charge is 0.354 e. The molecule has 0 atom stereocenters. The van der Waals surface area contributed by atoms with Crippen LogP contribution in [-0.4, -0.2) is 33.6 Å². The topological polar surface area (TPSA) is 66.6 Å². The zero-order valence-electron chi connectivity index (χ0n) is 14.0. The molecular formula is C16H21F3N6. The predicted molar refractivity (Wildman–Crippen MR) is 88.2 cm³/mol. The van der Waals surface area contributed by atoms with E-state index in [2.05, 4.69) is 25.8 Å². The molecule has 1 saturated carbocycles. The third-order valence-corrected chi connectivity index (χ3v) is 4.38. The fourth-order valence-corrected chi connectivity index (χ4v) is 3.02. The monoisotopic (exact) mass is 354 g/mol. The van der Waals surface area contributed by atoms with Crippen LogP contribution in [-0.2, 0) is 12.7 Å². The maximum Gasteiger partial charge on any atom is 0.417 e. The van der Waals surface area contributed by atoms with Crippen molar-refractivity contribution in [1.29, 1.82) is 0 Å². The molecule has 3 rings (SSSR count). The van der Waals surface area contributed by atoms with Gasteiger partial charge in [0.05, 0.1) is 12.1 Å². The van der Waals surface area contributed by atoms with Crippen LogP contribution in [0.1, 0.15) is 43.5 Å². The largest absolute Gasteiger partial charge is 0.417 e. The van der Waals surface area contributed by atoms with Crippen molar-refractivity contribution >= 4 is 11.6 Å². The Bertz CT molecular complexity index is 746. The molecule has 0 aromatic carbocycles. The van der Waals surface area contributed by atoms with Crippen LogP contribution in [0.2, 0.25) is 0 Å². The quantitative estimate of drug-likeness (QED) is 0.657. The van der Waals surface area contributed by atoms with Gasteiger partial charge in [-0.05, 0) is 25.0 Å². The number of fused-ring (bicyclic) bond motifs is 1. The summed E-state index contributed by atoms with van der Waals surface area (Å²) in [7, 11) is 1.67. The third kappa shape index (κ3) is 4.21. The minimum Gasteiger partial charge on any atom is -0.354 e. The molecule has 0 radical (unpaired) electrons. The maximum absolute atomic E-state index is 12.9. The number of hydrogen-bond acceptors (Lipinski definition) is 3. The molecule has 0 bridgehead atoms. The Balaban J connectivity index is 1.69. The van der Waals surface area contributed by atoms with Gasteiger partial charge in [-0.25, -0.2) is 0 Å². The first kappa shape index (κ1) is 17.5. The van der Waals surface area contributed by atoms with Crippen molar-refractivity contribution in [3.63, 3.8) is 0 Å². The molecule has 136 valence electrons. The fourth-order valence-electron chi connectivity index (χ4n) is 3.02. The molecule has 1 aliphatic rings. The standard InChI is InChI=1S/C16H21F3N6/c1-20-15(22-12-5-3-2-4-6-12)21-9-14-24-23-13-8-7-11(10-25(13)14)16(17,18)19/h7-8,10,12H,2-6,9H2,1H3,(H2,20,21,22). The van der Waals surface area contributed by atoms with Gasteiger partial charge in [0.15, 0.2) is 17.4 Å². The molecule has 0 spiro atoms. The highest BCUT2D eigenvalue weighted by atomic mass is 19.4. The van der Waals surface area contributed by atoms with Crippen molar-refractivity contribution in [2.45, 2.75) is 50.9 Å². The van der Waals surface area contributed by atoms with E-state index in [1.807, 2.05) is 0 Å². The summed E-state index contributed by atoms with van der Waals surface area (Å²) in [4.78, 5) is 4.18. The van der Waals surface area contributed by atoms with E-state index in [0.29, 0.717) is 23.5 Å². The summed E-state index contributed by atoms with van der Waals surface area (Å²) in [5.41, 5.74) is -0.356. The molecule has 9 heteroatoms. The lowest BCUT2D eigenvalue weighted by Crippen LogP contribution is -2.44. The molecule has 1 aliphatic carbocycles. The lowest BCUT2D eigenvalue weighted by atomic mass is 9.96. The van der Waals surface area contributed by atoms with E-state index >= 15 is 0 Å². The summed E-state index contributed by atoms with van der Waals surface area (Å²) < 4.78 is 40.0. The van der Waals surface area contributed by atoms with E-state index < -0.39 is 11.7 Å². The van der Waals surface area contributed by atoms with E-state index in [1.54, 1.807) is 7.05 Å². The SMILES string of the molecule is CN=C(NCc1nnc2ccc(C(F)(F)F)cn12)NC1CCCCC1. The van der Waals surface area contributed by atoms with E-state index in [1.165, 1.54) is 29.7 Å². The van der Waals surface area contributed by atoms with Gasteiger partial charge in [0.25, 0.3) is 0 Å². The number of hydrogen-bond donors (Lipinski definition) is 2. The normalized spacial score (nSPS) is 17.0. The summed E-state index contributed by atoms with van der Waals surface area (Å²) in [6.07, 6.45) is 2.48. The Labute approximate surface area is 143 Å². The van der Waals surface area contributed by atoms with Crippen LogP contribution >= 0.6 is 0 Å². The van der Waals surface area contributed by atoms with Gasteiger partial charge in [-0.2, -0.15) is 13.2 Å². The molecular weight excluding hydrogens is 333 g/mol. The summed E-state index contributed by atoms with van der Waals surface area (Å²) in [5.74, 6) is 1.02. The predicted octanol–water partition coefficient (Wildman–Crippen LogP) is 2.75. The zero-order chi connectivity index (χ0) is 17.9. The molecule has 25 heavy (non-hydrogen) atoms.